The quantitative estimate of drug-likeness (QED) is 0.516. The molecule has 0 heterocycles. The summed E-state index contributed by atoms with van der Waals surface area (Å²) in [5, 5.41) is 12.3. The van der Waals surface area contributed by atoms with Gasteiger partial charge in [0.2, 0.25) is 5.91 Å². The molecule has 0 saturated heterocycles. The summed E-state index contributed by atoms with van der Waals surface area (Å²) in [5.41, 5.74) is 1.15. The van der Waals surface area contributed by atoms with E-state index in [9.17, 15) is 19.1 Å². The van der Waals surface area contributed by atoms with Crippen molar-refractivity contribution in [2.45, 2.75) is 6.92 Å². The summed E-state index contributed by atoms with van der Waals surface area (Å²) in [7, 11) is 0. The lowest BCUT2D eigenvalue weighted by Crippen LogP contribution is -2.06. The molecule has 0 saturated carbocycles. The summed E-state index contributed by atoms with van der Waals surface area (Å²) < 4.78 is 12.8. The van der Waals surface area contributed by atoms with Gasteiger partial charge in [-0.2, -0.15) is 0 Å². The summed E-state index contributed by atoms with van der Waals surface area (Å²) >= 11 is 0. The van der Waals surface area contributed by atoms with Crippen molar-refractivity contribution in [3.8, 4) is 5.75 Å². The zero-order valence-corrected chi connectivity index (χ0v) is 11.8. The highest BCUT2D eigenvalue weighted by Gasteiger charge is 2.10. The highest BCUT2D eigenvalue weighted by molar-refractivity contribution is 6.09. The third-order valence-corrected chi connectivity index (χ3v) is 2.88. The van der Waals surface area contributed by atoms with Crippen molar-refractivity contribution in [2.24, 2.45) is 0 Å². The molecule has 0 aromatic heterocycles. The molecule has 2 rings (SSSR count). The molecule has 2 N–H and O–H groups in total. The molecular formula is C17H14FNO3. The number of amides is 1. The van der Waals surface area contributed by atoms with Gasteiger partial charge < -0.3 is 10.4 Å². The number of nitrogens with one attached hydrogen (secondary N) is 1. The van der Waals surface area contributed by atoms with Crippen LogP contribution in [-0.2, 0) is 4.79 Å². The summed E-state index contributed by atoms with van der Waals surface area (Å²) in [6.45, 7) is 1.35. The van der Waals surface area contributed by atoms with Crippen LogP contribution >= 0.6 is 0 Å². The van der Waals surface area contributed by atoms with Gasteiger partial charge in [-0.05, 0) is 42.0 Å². The number of halogens is 1. The monoisotopic (exact) mass is 299 g/mol. The topological polar surface area (TPSA) is 66.4 Å². The number of aromatic hydroxyl groups is 1. The van der Waals surface area contributed by atoms with Gasteiger partial charge in [-0.1, -0.05) is 18.2 Å². The Morgan fingerprint density at radius 1 is 1.14 bits per heavy atom. The molecule has 0 bridgehead atoms. The summed E-state index contributed by atoms with van der Waals surface area (Å²) in [6, 6.07) is 9.88. The van der Waals surface area contributed by atoms with Gasteiger partial charge in [-0.15, -0.1) is 0 Å². The van der Waals surface area contributed by atoms with E-state index in [0.29, 0.717) is 11.3 Å². The highest BCUT2D eigenvalue weighted by atomic mass is 19.1. The van der Waals surface area contributed by atoms with Crippen LogP contribution in [0.2, 0.25) is 0 Å². The van der Waals surface area contributed by atoms with E-state index in [1.165, 1.54) is 61.5 Å². The number of hydrogen-bond donors (Lipinski definition) is 2. The van der Waals surface area contributed by atoms with Crippen LogP contribution in [0.4, 0.5) is 10.1 Å². The van der Waals surface area contributed by atoms with Gasteiger partial charge >= 0.3 is 0 Å². The van der Waals surface area contributed by atoms with E-state index in [-0.39, 0.29) is 23.0 Å². The Hall–Kier alpha value is -2.95. The van der Waals surface area contributed by atoms with E-state index in [0.717, 1.165) is 0 Å². The Kier molecular flexibility index (Phi) is 4.68. The maximum absolute atomic E-state index is 12.8. The molecule has 0 aliphatic heterocycles. The van der Waals surface area contributed by atoms with E-state index in [2.05, 4.69) is 5.32 Å². The predicted molar refractivity (Wildman–Crippen MR) is 82.2 cm³/mol. The number of hydrogen-bond acceptors (Lipinski definition) is 3. The second kappa shape index (κ2) is 6.67. The first kappa shape index (κ1) is 15.4. The molecule has 0 aliphatic carbocycles. The summed E-state index contributed by atoms with van der Waals surface area (Å²) in [4.78, 5) is 23.1. The molecule has 0 aliphatic rings. The Balaban J connectivity index is 2.21. The van der Waals surface area contributed by atoms with E-state index in [4.69, 9.17) is 0 Å². The number of benzene rings is 2. The molecule has 0 unspecified atom stereocenters. The Labute approximate surface area is 126 Å². The molecule has 4 nitrogen and oxygen atoms in total. The van der Waals surface area contributed by atoms with Gasteiger partial charge in [0.1, 0.15) is 11.6 Å². The van der Waals surface area contributed by atoms with Crippen LogP contribution < -0.4 is 5.32 Å². The molecule has 22 heavy (non-hydrogen) atoms. The van der Waals surface area contributed by atoms with Gasteiger partial charge in [0.15, 0.2) is 5.78 Å². The molecule has 2 aromatic rings. The molecule has 1 amide bonds. The second-order valence-electron chi connectivity index (χ2n) is 4.66. The predicted octanol–water partition coefficient (Wildman–Crippen LogP) is 3.39. The van der Waals surface area contributed by atoms with Crippen molar-refractivity contribution in [1.29, 1.82) is 0 Å². The van der Waals surface area contributed by atoms with Crippen molar-refractivity contribution in [2.75, 3.05) is 5.32 Å². The van der Waals surface area contributed by atoms with Gasteiger partial charge in [-0.3, -0.25) is 9.59 Å². The number of carbonyl (C=O) groups is 2. The summed E-state index contributed by atoms with van der Waals surface area (Å²) in [5.74, 6) is -1.23. The normalized spacial score (nSPS) is 10.6. The minimum atomic E-state index is -0.422. The molecule has 5 heteroatoms. The zero-order valence-electron chi connectivity index (χ0n) is 11.8. The Bertz CT molecular complexity index is 736. The summed E-state index contributed by atoms with van der Waals surface area (Å²) in [6.07, 6.45) is 2.80. The smallest absolute Gasteiger partial charge is 0.221 e. The van der Waals surface area contributed by atoms with Gasteiger partial charge in [0.25, 0.3) is 0 Å². The molecule has 2 aromatic carbocycles. The molecule has 112 valence electrons. The lowest BCUT2D eigenvalue weighted by atomic mass is 10.1. The number of carbonyl (C=O) groups excluding carboxylic acids is 2. The fraction of sp³-hybridized carbons (Fsp3) is 0.0588. The molecular weight excluding hydrogens is 285 g/mol. The number of rotatable bonds is 4. The molecule has 0 spiro atoms. The highest BCUT2D eigenvalue weighted by Crippen LogP contribution is 2.22. The van der Waals surface area contributed by atoms with E-state index in [1.807, 2.05) is 0 Å². The lowest BCUT2D eigenvalue weighted by molar-refractivity contribution is -0.114. The van der Waals surface area contributed by atoms with Crippen molar-refractivity contribution in [1.82, 2.24) is 0 Å². The van der Waals surface area contributed by atoms with Crippen LogP contribution in [0.5, 0.6) is 5.75 Å². The number of allylic oxidation sites excluding steroid dienone is 1. The number of phenolic OH excluding ortho intramolecular Hbond substituents is 1. The van der Waals surface area contributed by atoms with Crippen LogP contribution in [0.3, 0.4) is 0 Å². The molecule has 0 atom stereocenters. The standard InChI is InChI=1S/C17H14FNO3/c1-11(20)19-14-7-9-17(22)15(10-14)16(21)8-4-12-2-5-13(18)6-3-12/h2-10,22H,1H3,(H,19,20)/b8-4+. The third kappa shape index (κ3) is 4.02. The Morgan fingerprint density at radius 2 is 1.82 bits per heavy atom. The number of phenols is 1. The van der Waals surface area contributed by atoms with Crippen molar-refractivity contribution >= 4 is 23.5 Å². The van der Waals surface area contributed by atoms with Gasteiger partial charge in [0, 0.05) is 12.6 Å². The molecule has 0 radical (unpaired) electrons. The van der Waals surface area contributed by atoms with Crippen LogP contribution in [0, 0.1) is 5.82 Å². The largest absolute Gasteiger partial charge is 0.507 e. The van der Waals surface area contributed by atoms with Crippen molar-refractivity contribution < 1.29 is 19.1 Å². The first-order valence-corrected chi connectivity index (χ1v) is 6.54. The number of ketones is 1. The van der Waals surface area contributed by atoms with Crippen molar-refractivity contribution in [3.63, 3.8) is 0 Å². The van der Waals surface area contributed by atoms with Crippen LogP contribution in [-0.4, -0.2) is 16.8 Å². The minimum Gasteiger partial charge on any atom is -0.507 e. The average Bonchev–Trinajstić information content (AvgIpc) is 2.48. The molecule has 0 fully saturated rings. The maximum atomic E-state index is 12.8. The second-order valence-corrected chi connectivity index (χ2v) is 4.66. The SMILES string of the molecule is CC(=O)Nc1ccc(O)c(C(=O)/C=C/c2ccc(F)cc2)c1. The van der Waals surface area contributed by atoms with Crippen molar-refractivity contribution in [3.05, 3.63) is 65.5 Å². The van der Waals surface area contributed by atoms with Crippen LogP contribution in [0.25, 0.3) is 6.08 Å². The van der Waals surface area contributed by atoms with E-state index >= 15 is 0 Å². The first-order valence-electron chi connectivity index (χ1n) is 6.54. The average molecular weight is 299 g/mol. The van der Waals surface area contributed by atoms with Gasteiger partial charge in [0.05, 0.1) is 5.56 Å². The fourth-order valence-corrected chi connectivity index (χ4v) is 1.85. The van der Waals surface area contributed by atoms with Crippen LogP contribution in [0.1, 0.15) is 22.8 Å². The third-order valence-electron chi connectivity index (χ3n) is 2.88. The number of anilines is 1. The van der Waals surface area contributed by atoms with E-state index in [1.54, 1.807) is 0 Å². The van der Waals surface area contributed by atoms with Crippen LogP contribution in [0.15, 0.2) is 48.5 Å². The van der Waals surface area contributed by atoms with E-state index < -0.39 is 5.78 Å². The zero-order chi connectivity index (χ0) is 16.1. The van der Waals surface area contributed by atoms with Gasteiger partial charge in [-0.25, -0.2) is 4.39 Å². The Morgan fingerprint density at radius 3 is 2.45 bits per heavy atom. The minimum absolute atomic E-state index is 0.0737. The lowest BCUT2D eigenvalue weighted by Gasteiger charge is -2.05. The maximum Gasteiger partial charge on any atom is 0.221 e. The first-order chi connectivity index (χ1) is 10.5. The fourth-order valence-electron chi connectivity index (χ4n) is 1.85.